The summed E-state index contributed by atoms with van der Waals surface area (Å²) in [7, 11) is 0. The largest absolute Gasteiger partial charge is 0.349 e. The Kier molecular flexibility index (Phi) is 5.78. The minimum Gasteiger partial charge on any atom is -0.349 e. The van der Waals surface area contributed by atoms with E-state index in [0.717, 1.165) is 17.5 Å². The number of benzene rings is 1. The van der Waals surface area contributed by atoms with E-state index in [1.54, 1.807) is 12.4 Å². The number of nitrogens with zero attached hydrogens (tertiary/aromatic N) is 2. The maximum absolute atomic E-state index is 14.0. The average Bonchev–Trinajstić information content (AvgIpc) is 3.34. The van der Waals surface area contributed by atoms with Crippen LogP contribution in [0.2, 0.25) is 0 Å². The van der Waals surface area contributed by atoms with E-state index < -0.39 is 17.7 Å². The monoisotopic (exact) mass is 432 g/mol. The maximum atomic E-state index is 14.0. The molecule has 1 aliphatic rings. The highest BCUT2D eigenvalue weighted by Crippen LogP contribution is 2.32. The molecule has 158 valence electrons. The molecular formula is C20H22F2N6OS. The van der Waals surface area contributed by atoms with Crippen molar-refractivity contribution in [3.05, 3.63) is 69.8 Å². The van der Waals surface area contributed by atoms with Crippen molar-refractivity contribution in [3.63, 3.8) is 0 Å². The van der Waals surface area contributed by atoms with Gasteiger partial charge in [0.25, 0.3) is 0 Å². The molecule has 0 saturated carbocycles. The van der Waals surface area contributed by atoms with Gasteiger partial charge in [0, 0.05) is 36.6 Å². The Morgan fingerprint density at radius 3 is 3.00 bits per heavy atom. The first-order valence-corrected chi connectivity index (χ1v) is 10.1. The molecule has 2 atom stereocenters. The van der Waals surface area contributed by atoms with Crippen LogP contribution in [0.5, 0.6) is 0 Å². The van der Waals surface area contributed by atoms with Crippen molar-refractivity contribution in [1.82, 2.24) is 24.8 Å². The fraction of sp³-hybridized carbons (Fsp3) is 0.350. The predicted molar refractivity (Wildman–Crippen MR) is 109 cm³/mol. The van der Waals surface area contributed by atoms with Crippen molar-refractivity contribution in [1.29, 1.82) is 0 Å². The number of carbonyl (C=O) groups excluding carboxylic acids is 1. The molecule has 7 nitrogen and oxygen atoms in total. The van der Waals surface area contributed by atoms with Crippen LogP contribution in [0.1, 0.15) is 35.0 Å². The van der Waals surface area contributed by atoms with E-state index >= 15 is 0 Å². The average molecular weight is 433 g/mol. The van der Waals surface area contributed by atoms with Gasteiger partial charge in [-0.1, -0.05) is 0 Å². The molecule has 0 aliphatic heterocycles. The molecule has 2 aromatic heterocycles. The van der Waals surface area contributed by atoms with Gasteiger partial charge in [0.05, 0.1) is 24.6 Å². The van der Waals surface area contributed by atoms with Crippen LogP contribution in [0.4, 0.5) is 8.78 Å². The van der Waals surface area contributed by atoms with E-state index in [0.29, 0.717) is 41.6 Å². The van der Waals surface area contributed by atoms with Gasteiger partial charge in [-0.25, -0.2) is 13.8 Å². The molecule has 1 aromatic carbocycles. The van der Waals surface area contributed by atoms with Crippen LogP contribution >= 0.6 is 12.2 Å². The second-order valence-corrected chi connectivity index (χ2v) is 7.87. The van der Waals surface area contributed by atoms with Gasteiger partial charge in [0.2, 0.25) is 5.91 Å². The SMILES string of the molecule is N[C@@H](Cc1cnc[nH]1)C(=O)NCc1c[nH]c(=S)n1[C@@H]1CCc2c(F)cc(F)cc2C1. The Morgan fingerprint density at radius 1 is 1.40 bits per heavy atom. The van der Waals surface area contributed by atoms with Crippen LogP contribution in [0, 0.1) is 16.4 Å². The van der Waals surface area contributed by atoms with E-state index in [4.69, 9.17) is 18.0 Å². The summed E-state index contributed by atoms with van der Waals surface area (Å²) in [5, 5.41) is 2.84. The standard InChI is InChI=1S/C20H22F2N6OS/c21-12-3-11-4-14(1-2-16(11)17(22)5-12)28-15(9-26-20(28)30)8-25-19(29)18(23)6-13-7-24-10-27-13/h3,5,7,9-10,14,18H,1-2,4,6,8,23H2,(H,24,27)(H,25,29)(H,26,30)/t14-,18+/m1/s1. The molecule has 0 unspecified atom stereocenters. The number of aromatic amines is 2. The Hall–Kier alpha value is -2.85. The first-order chi connectivity index (χ1) is 14.4. The molecule has 2 heterocycles. The van der Waals surface area contributed by atoms with Gasteiger partial charge in [-0.2, -0.15) is 0 Å². The number of hydrogen-bond acceptors (Lipinski definition) is 4. The van der Waals surface area contributed by atoms with Gasteiger partial charge in [-0.3, -0.25) is 4.79 Å². The molecule has 10 heteroatoms. The van der Waals surface area contributed by atoms with Crippen molar-refractivity contribution in [3.8, 4) is 0 Å². The maximum Gasteiger partial charge on any atom is 0.237 e. The number of carbonyl (C=O) groups is 1. The number of hydrogen-bond donors (Lipinski definition) is 4. The van der Waals surface area contributed by atoms with E-state index in [2.05, 4.69) is 20.3 Å². The Bertz CT molecular complexity index is 1110. The Morgan fingerprint density at radius 2 is 2.23 bits per heavy atom. The van der Waals surface area contributed by atoms with Crippen molar-refractivity contribution < 1.29 is 13.6 Å². The zero-order valence-corrected chi connectivity index (χ0v) is 16.9. The topological polar surface area (TPSA) is 105 Å². The first-order valence-electron chi connectivity index (χ1n) is 9.68. The molecule has 1 amide bonds. The van der Waals surface area contributed by atoms with Crippen LogP contribution in [0.25, 0.3) is 0 Å². The normalized spacial score (nSPS) is 16.8. The molecule has 0 spiro atoms. The highest BCUT2D eigenvalue weighted by atomic mass is 32.1. The number of imidazole rings is 2. The number of halogens is 2. The van der Waals surface area contributed by atoms with Gasteiger partial charge >= 0.3 is 0 Å². The third kappa shape index (κ3) is 4.19. The van der Waals surface area contributed by atoms with E-state index in [1.165, 1.54) is 12.4 Å². The van der Waals surface area contributed by atoms with Crippen molar-refractivity contribution in [2.45, 2.75) is 44.3 Å². The summed E-state index contributed by atoms with van der Waals surface area (Å²) in [6, 6.07) is 1.54. The molecule has 3 aromatic rings. The fourth-order valence-electron chi connectivity index (χ4n) is 3.99. The minimum absolute atomic E-state index is 0.0528. The zero-order chi connectivity index (χ0) is 21.3. The third-order valence-electron chi connectivity index (χ3n) is 5.47. The van der Waals surface area contributed by atoms with E-state index in [9.17, 15) is 13.6 Å². The molecule has 0 radical (unpaired) electrons. The van der Waals surface area contributed by atoms with Crippen LogP contribution in [0.3, 0.4) is 0 Å². The smallest absolute Gasteiger partial charge is 0.237 e. The lowest BCUT2D eigenvalue weighted by molar-refractivity contribution is -0.122. The van der Waals surface area contributed by atoms with Gasteiger partial charge in [-0.05, 0) is 48.7 Å². The van der Waals surface area contributed by atoms with Gasteiger partial charge in [0.1, 0.15) is 11.6 Å². The zero-order valence-electron chi connectivity index (χ0n) is 16.1. The highest BCUT2D eigenvalue weighted by Gasteiger charge is 2.25. The summed E-state index contributed by atoms with van der Waals surface area (Å²) in [5.74, 6) is -1.37. The Balaban J connectivity index is 1.46. The quantitative estimate of drug-likeness (QED) is 0.449. The second-order valence-electron chi connectivity index (χ2n) is 7.48. The number of nitrogens with two attached hydrogens (primary N) is 1. The molecule has 30 heavy (non-hydrogen) atoms. The second kappa shape index (κ2) is 8.49. The van der Waals surface area contributed by atoms with E-state index in [-0.39, 0.29) is 18.5 Å². The summed E-state index contributed by atoms with van der Waals surface area (Å²) < 4.78 is 30.1. The van der Waals surface area contributed by atoms with Gasteiger partial charge < -0.3 is 25.6 Å². The number of H-pyrrole nitrogens is 2. The van der Waals surface area contributed by atoms with Crippen LogP contribution in [0.15, 0.2) is 30.9 Å². The van der Waals surface area contributed by atoms with Gasteiger partial charge in [0.15, 0.2) is 4.77 Å². The van der Waals surface area contributed by atoms with Crippen LogP contribution < -0.4 is 11.1 Å². The molecular weight excluding hydrogens is 410 g/mol. The number of fused-ring (bicyclic) bond motifs is 1. The molecule has 5 N–H and O–H groups in total. The molecule has 0 bridgehead atoms. The summed E-state index contributed by atoms with van der Waals surface area (Å²) >= 11 is 5.42. The number of nitrogens with one attached hydrogen (secondary N) is 3. The number of amides is 1. The molecule has 4 rings (SSSR count). The molecule has 0 saturated heterocycles. The summed E-state index contributed by atoms with van der Waals surface area (Å²) in [4.78, 5) is 22.2. The summed E-state index contributed by atoms with van der Waals surface area (Å²) in [6.45, 7) is 0.240. The van der Waals surface area contributed by atoms with Gasteiger partial charge in [-0.15, -0.1) is 0 Å². The van der Waals surface area contributed by atoms with Crippen LogP contribution in [-0.4, -0.2) is 31.5 Å². The third-order valence-corrected chi connectivity index (χ3v) is 5.78. The Labute approximate surface area is 176 Å². The predicted octanol–water partition coefficient (Wildman–Crippen LogP) is 2.46. The van der Waals surface area contributed by atoms with Crippen molar-refractivity contribution in [2.75, 3.05) is 0 Å². The fourth-order valence-corrected chi connectivity index (χ4v) is 4.32. The number of aromatic nitrogens is 4. The first kappa shape index (κ1) is 20.4. The lowest BCUT2D eigenvalue weighted by Gasteiger charge is -2.27. The van der Waals surface area contributed by atoms with E-state index in [1.807, 2.05) is 4.57 Å². The molecule has 0 fully saturated rings. The lowest BCUT2D eigenvalue weighted by atomic mass is 9.87. The van der Waals surface area contributed by atoms with Crippen LogP contribution in [-0.2, 0) is 30.6 Å². The lowest BCUT2D eigenvalue weighted by Crippen LogP contribution is -2.42. The summed E-state index contributed by atoms with van der Waals surface area (Å²) in [6.07, 6.45) is 6.89. The minimum atomic E-state index is -0.715. The van der Waals surface area contributed by atoms with Crippen molar-refractivity contribution in [2.24, 2.45) is 5.73 Å². The number of rotatable bonds is 6. The highest BCUT2D eigenvalue weighted by molar-refractivity contribution is 7.71. The molecule has 1 aliphatic carbocycles. The summed E-state index contributed by atoms with van der Waals surface area (Å²) in [5.41, 5.74) is 8.76. The van der Waals surface area contributed by atoms with Crippen molar-refractivity contribution >= 4 is 18.1 Å².